The van der Waals surface area contributed by atoms with Gasteiger partial charge in [0.1, 0.15) is 0 Å². The third-order valence-corrected chi connectivity index (χ3v) is 4.29. The van der Waals surface area contributed by atoms with Crippen molar-refractivity contribution >= 4 is 11.8 Å². The molecule has 0 aromatic carbocycles. The predicted octanol–water partition coefficient (Wildman–Crippen LogP) is 2.26. The van der Waals surface area contributed by atoms with E-state index in [2.05, 4.69) is 11.0 Å². The van der Waals surface area contributed by atoms with E-state index < -0.39 is 0 Å². The maximum atomic E-state index is 9.12. The van der Waals surface area contributed by atoms with Crippen LogP contribution in [0.2, 0.25) is 0 Å². The van der Waals surface area contributed by atoms with Crippen LogP contribution in [-0.4, -0.2) is 47.3 Å². The van der Waals surface area contributed by atoms with Gasteiger partial charge in [0.05, 0.1) is 18.4 Å². The molecule has 0 unspecified atom stereocenters. The lowest BCUT2D eigenvalue weighted by Crippen LogP contribution is -2.39. The van der Waals surface area contributed by atoms with Crippen molar-refractivity contribution in [3.05, 3.63) is 0 Å². The summed E-state index contributed by atoms with van der Waals surface area (Å²) in [4.78, 5) is 2.45. The van der Waals surface area contributed by atoms with Gasteiger partial charge < -0.3 is 5.11 Å². The van der Waals surface area contributed by atoms with E-state index in [9.17, 15) is 0 Å². The zero-order chi connectivity index (χ0) is 12.3. The van der Waals surface area contributed by atoms with Crippen LogP contribution in [0.3, 0.4) is 0 Å². The van der Waals surface area contributed by atoms with Gasteiger partial charge in [0.15, 0.2) is 0 Å². The van der Waals surface area contributed by atoms with E-state index >= 15 is 0 Å². The van der Waals surface area contributed by atoms with E-state index in [1.165, 1.54) is 32.1 Å². The molecule has 17 heavy (non-hydrogen) atoms. The van der Waals surface area contributed by atoms with Gasteiger partial charge in [-0.15, -0.1) is 11.8 Å². The zero-order valence-electron chi connectivity index (χ0n) is 10.6. The first-order valence-electron chi connectivity index (χ1n) is 6.68. The van der Waals surface area contributed by atoms with Crippen LogP contribution in [0.15, 0.2) is 0 Å². The summed E-state index contributed by atoms with van der Waals surface area (Å²) in [7, 11) is 0. The Morgan fingerprint density at radius 3 is 2.65 bits per heavy atom. The van der Waals surface area contributed by atoms with Gasteiger partial charge in [-0.1, -0.05) is 19.3 Å². The highest BCUT2D eigenvalue weighted by atomic mass is 32.2. The van der Waals surface area contributed by atoms with Gasteiger partial charge in [-0.3, -0.25) is 4.90 Å². The normalized spacial score (nSPS) is 17.2. The molecule has 1 saturated carbocycles. The second kappa shape index (κ2) is 9.76. The van der Waals surface area contributed by atoms with Gasteiger partial charge in [0, 0.05) is 12.6 Å². The van der Waals surface area contributed by atoms with Crippen LogP contribution >= 0.6 is 11.8 Å². The predicted molar refractivity (Wildman–Crippen MR) is 73.1 cm³/mol. The van der Waals surface area contributed by atoms with Crippen molar-refractivity contribution in [3.8, 4) is 6.07 Å². The number of nitrogens with zero attached hydrogens (tertiary/aromatic N) is 2. The molecule has 0 atom stereocenters. The fourth-order valence-corrected chi connectivity index (χ4v) is 3.11. The van der Waals surface area contributed by atoms with Crippen LogP contribution in [-0.2, 0) is 0 Å². The van der Waals surface area contributed by atoms with Gasteiger partial charge in [-0.2, -0.15) is 5.26 Å². The quantitative estimate of drug-likeness (QED) is 0.677. The molecule has 0 aromatic heterocycles. The van der Waals surface area contributed by atoms with E-state index in [1.54, 1.807) is 11.8 Å². The molecule has 0 bridgehead atoms. The molecule has 0 amide bonds. The second-order valence-corrected chi connectivity index (χ2v) is 5.72. The van der Waals surface area contributed by atoms with Crippen LogP contribution in [0.25, 0.3) is 0 Å². The molecule has 1 N–H and O–H groups in total. The average Bonchev–Trinajstić information content (AvgIpc) is 2.38. The molecular weight excluding hydrogens is 232 g/mol. The summed E-state index contributed by atoms with van der Waals surface area (Å²) in [5.74, 6) is 1.66. The Hall–Kier alpha value is -0.240. The van der Waals surface area contributed by atoms with Gasteiger partial charge in [0.25, 0.3) is 0 Å². The molecule has 0 aliphatic heterocycles. The molecular formula is C13H24N2OS. The van der Waals surface area contributed by atoms with Gasteiger partial charge in [-0.05, 0) is 31.6 Å². The lowest BCUT2D eigenvalue weighted by Gasteiger charge is -2.33. The number of hydrogen-bond acceptors (Lipinski definition) is 4. The Morgan fingerprint density at radius 2 is 2.00 bits per heavy atom. The Labute approximate surface area is 109 Å². The van der Waals surface area contributed by atoms with Crippen molar-refractivity contribution in [1.82, 2.24) is 4.90 Å². The van der Waals surface area contributed by atoms with Crippen LogP contribution < -0.4 is 0 Å². The van der Waals surface area contributed by atoms with E-state index in [0.29, 0.717) is 11.8 Å². The molecule has 3 nitrogen and oxygen atoms in total. The van der Waals surface area contributed by atoms with Crippen molar-refractivity contribution in [2.75, 3.05) is 31.2 Å². The molecule has 0 heterocycles. The fourth-order valence-electron chi connectivity index (χ4n) is 2.54. The SMILES string of the molecule is N#CCSCCCN(CCO)C1CCCCC1. The molecule has 0 aromatic rings. The lowest BCUT2D eigenvalue weighted by atomic mass is 9.94. The van der Waals surface area contributed by atoms with Gasteiger partial charge >= 0.3 is 0 Å². The largest absolute Gasteiger partial charge is 0.395 e. The number of hydrogen-bond donors (Lipinski definition) is 1. The number of aliphatic hydroxyl groups is 1. The topological polar surface area (TPSA) is 47.3 Å². The molecule has 1 aliphatic carbocycles. The standard InChI is InChI=1S/C13H24N2OS/c14-7-12-17-11-4-8-15(9-10-16)13-5-2-1-3-6-13/h13,16H,1-6,8-12H2. The summed E-state index contributed by atoms with van der Waals surface area (Å²) >= 11 is 1.71. The number of aliphatic hydroxyl groups excluding tert-OH is 1. The van der Waals surface area contributed by atoms with Gasteiger partial charge in [0.2, 0.25) is 0 Å². The number of thioether (sulfide) groups is 1. The summed E-state index contributed by atoms with van der Waals surface area (Å²) in [6, 6.07) is 2.85. The minimum atomic E-state index is 0.266. The number of rotatable bonds is 8. The van der Waals surface area contributed by atoms with Crippen molar-refractivity contribution in [1.29, 1.82) is 5.26 Å². The van der Waals surface area contributed by atoms with Crippen molar-refractivity contribution < 1.29 is 5.11 Å². The Kier molecular flexibility index (Phi) is 8.50. The zero-order valence-corrected chi connectivity index (χ0v) is 11.4. The van der Waals surface area contributed by atoms with E-state index in [-0.39, 0.29) is 6.61 Å². The summed E-state index contributed by atoms with van der Waals surface area (Å²) in [6.45, 7) is 2.15. The summed E-state index contributed by atoms with van der Waals surface area (Å²) in [5, 5.41) is 17.6. The highest BCUT2D eigenvalue weighted by Crippen LogP contribution is 2.22. The van der Waals surface area contributed by atoms with Crippen molar-refractivity contribution in [2.45, 2.75) is 44.6 Å². The number of nitriles is 1. The monoisotopic (exact) mass is 256 g/mol. The molecule has 4 heteroatoms. The highest BCUT2D eigenvalue weighted by Gasteiger charge is 2.19. The molecule has 0 spiro atoms. The molecule has 0 radical (unpaired) electrons. The van der Waals surface area contributed by atoms with Crippen LogP contribution in [0.4, 0.5) is 0 Å². The Morgan fingerprint density at radius 1 is 1.24 bits per heavy atom. The maximum absolute atomic E-state index is 9.12. The fraction of sp³-hybridized carbons (Fsp3) is 0.923. The molecule has 0 saturated heterocycles. The molecule has 1 rings (SSSR count). The smallest absolute Gasteiger partial charge is 0.0808 e. The van der Waals surface area contributed by atoms with Gasteiger partial charge in [-0.25, -0.2) is 0 Å². The van der Waals surface area contributed by atoms with Crippen LogP contribution in [0.1, 0.15) is 38.5 Å². The average molecular weight is 256 g/mol. The molecule has 1 aliphatic rings. The minimum Gasteiger partial charge on any atom is -0.395 e. The van der Waals surface area contributed by atoms with Crippen molar-refractivity contribution in [3.63, 3.8) is 0 Å². The molecule has 98 valence electrons. The third kappa shape index (κ3) is 6.30. The first-order valence-corrected chi connectivity index (χ1v) is 7.83. The van der Waals surface area contributed by atoms with Crippen LogP contribution in [0.5, 0.6) is 0 Å². The second-order valence-electron chi connectivity index (χ2n) is 4.62. The van der Waals surface area contributed by atoms with E-state index in [4.69, 9.17) is 10.4 Å². The first kappa shape index (κ1) is 14.8. The van der Waals surface area contributed by atoms with E-state index in [1.807, 2.05) is 0 Å². The lowest BCUT2D eigenvalue weighted by molar-refractivity contribution is 0.124. The summed E-state index contributed by atoms with van der Waals surface area (Å²) < 4.78 is 0. The van der Waals surface area contributed by atoms with E-state index in [0.717, 1.165) is 25.3 Å². The highest BCUT2D eigenvalue weighted by molar-refractivity contribution is 7.99. The maximum Gasteiger partial charge on any atom is 0.0808 e. The Bertz CT molecular complexity index is 224. The summed E-state index contributed by atoms with van der Waals surface area (Å²) in [5.41, 5.74) is 0. The third-order valence-electron chi connectivity index (χ3n) is 3.38. The first-order chi connectivity index (χ1) is 8.38. The van der Waals surface area contributed by atoms with Crippen molar-refractivity contribution in [2.24, 2.45) is 0 Å². The minimum absolute atomic E-state index is 0.266. The van der Waals surface area contributed by atoms with Crippen LogP contribution in [0, 0.1) is 11.3 Å². The summed E-state index contributed by atoms with van der Waals surface area (Å²) in [6.07, 6.45) is 7.78. The Balaban J connectivity index is 2.20. The molecule has 1 fully saturated rings.